The number of benzene rings is 2. The minimum atomic E-state index is -0.582. The van der Waals surface area contributed by atoms with Crippen LogP contribution in [0.25, 0.3) is 11.1 Å². The Kier molecular flexibility index (Phi) is 4.53. The van der Waals surface area contributed by atoms with Crippen LogP contribution in [0.3, 0.4) is 0 Å². The zero-order valence-electron chi connectivity index (χ0n) is 13.5. The molecule has 1 aliphatic heterocycles. The molecular weight excluding hydrogens is 371 g/mol. The van der Waals surface area contributed by atoms with Gasteiger partial charge in [-0.2, -0.15) is 0 Å². The molecule has 2 atom stereocenters. The van der Waals surface area contributed by atoms with Crippen LogP contribution < -0.4 is 5.32 Å². The summed E-state index contributed by atoms with van der Waals surface area (Å²) >= 11 is 12.4. The first-order valence-electron chi connectivity index (χ1n) is 8.04. The zero-order valence-corrected chi connectivity index (χ0v) is 15.0. The third kappa shape index (κ3) is 3.26. The molecule has 6 heteroatoms. The number of amides is 1. The number of cyclic esters (lactones) is 1. The van der Waals surface area contributed by atoms with Crippen molar-refractivity contribution in [2.75, 3.05) is 0 Å². The van der Waals surface area contributed by atoms with E-state index in [1.807, 2.05) is 36.4 Å². The summed E-state index contributed by atoms with van der Waals surface area (Å²) in [4.78, 5) is 16.3. The predicted octanol–water partition coefficient (Wildman–Crippen LogP) is 5.58. The Bertz CT molecular complexity index is 963. The van der Waals surface area contributed by atoms with E-state index in [9.17, 15) is 4.79 Å². The Morgan fingerprint density at radius 1 is 0.962 bits per heavy atom. The van der Waals surface area contributed by atoms with Gasteiger partial charge in [0.2, 0.25) is 0 Å². The van der Waals surface area contributed by atoms with Crippen LogP contribution in [-0.4, -0.2) is 11.1 Å². The maximum absolute atomic E-state index is 11.9. The van der Waals surface area contributed by atoms with Crippen LogP contribution in [0.5, 0.6) is 0 Å². The van der Waals surface area contributed by atoms with E-state index in [1.54, 1.807) is 30.6 Å². The van der Waals surface area contributed by atoms with Gasteiger partial charge in [-0.15, -0.1) is 0 Å². The Balaban J connectivity index is 1.74. The van der Waals surface area contributed by atoms with Crippen LogP contribution >= 0.6 is 23.2 Å². The number of rotatable bonds is 3. The number of nitrogens with zero attached hydrogens (tertiary/aromatic N) is 1. The van der Waals surface area contributed by atoms with Crippen molar-refractivity contribution in [2.45, 2.75) is 12.1 Å². The average Bonchev–Trinajstić information content (AvgIpc) is 3.06. The van der Waals surface area contributed by atoms with Crippen LogP contribution in [0.4, 0.5) is 4.79 Å². The fourth-order valence-corrected chi connectivity index (χ4v) is 3.48. The molecule has 0 spiro atoms. The van der Waals surface area contributed by atoms with Crippen molar-refractivity contribution in [1.29, 1.82) is 0 Å². The SMILES string of the molecule is O=C1N[C@H](c2cncc(-c3ccccc3)c2)[C@@H](c2cc(Cl)ccc2Cl)O1. The van der Waals surface area contributed by atoms with Crippen LogP contribution in [0.1, 0.15) is 23.3 Å². The first kappa shape index (κ1) is 16.9. The Morgan fingerprint density at radius 2 is 1.77 bits per heavy atom. The third-order valence-electron chi connectivity index (χ3n) is 4.30. The van der Waals surface area contributed by atoms with Crippen molar-refractivity contribution in [1.82, 2.24) is 10.3 Å². The Labute approximate surface area is 160 Å². The largest absolute Gasteiger partial charge is 0.439 e. The summed E-state index contributed by atoms with van der Waals surface area (Å²) in [6.07, 6.45) is 2.43. The molecule has 2 heterocycles. The lowest BCUT2D eigenvalue weighted by atomic mass is 9.95. The first-order chi connectivity index (χ1) is 12.6. The fourth-order valence-electron chi connectivity index (χ4n) is 3.07. The minimum Gasteiger partial charge on any atom is -0.439 e. The molecule has 1 aliphatic rings. The molecule has 3 aromatic rings. The summed E-state index contributed by atoms with van der Waals surface area (Å²) < 4.78 is 5.47. The van der Waals surface area contributed by atoms with Crippen molar-refractivity contribution in [3.8, 4) is 11.1 Å². The van der Waals surface area contributed by atoms with Crippen LogP contribution in [0.15, 0.2) is 67.0 Å². The maximum Gasteiger partial charge on any atom is 0.408 e. The molecule has 0 unspecified atom stereocenters. The quantitative estimate of drug-likeness (QED) is 0.641. The van der Waals surface area contributed by atoms with E-state index in [1.165, 1.54) is 0 Å². The average molecular weight is 385 g/mol. The topological polar surface area (TPSA) is 51.2 Å². The number of ether oxygens (including phenoxy) is 1. The molecule has 4 nitrogen and oxygen atoms in total. The summed E-state index contributed by atoms with van der Waals surface area (Å²) in [5, 5.41) is 3.86. The van der Waals surface area contributed by atoms with E-state index in [2.05, 4.69) is 10.3 Å². The molecule has 0 aliphatic carbocycles. The van der Waals surface area contributed by atoms with Crippen LogP contribution in [0, 0.1) is 0 Å². The molecule has 2 aromatic carbocycles. The van der Waals surface area contributed by atoms with Gasteiger partial charge in [-0.3, -0.25) is 4.98 Å². The molecule has 1 amide bonds. The molecule has 0 saturated carbocycles. The van der Waals surface area contributed by atoms with E-state index >= 15 is 0 Å². The second-order valence-electron chi connectivity index (χ2n) is 5.99. The second-order valence-corrected chi connectivity index (χ2v) is 6.83. The van der Waals surface area contributed by atoms with Crippen molar-refractivity contribution in [3.63, 3.8) is 0 Å². The predicted molar refractivity (Wildman–Crippen MR) is 101 cm³/mol. The van der Waals surface area contributed by atoms with Gasteiger partial charge >= 0.3 is 6.09 Å². The van der Waals surface area contributed by atoms with Gasteiger partial charge in [0.15, 0.2) is 6.10 Å². The summed E-state index contributed by atoms with van der Waals surface area (Å²) in [7, 11) is 0. The molecule has 4 rings (SSSR count). The Hall–Kier alpha value is -2.56. The zero-order chi connectivity index (χ0) is 18.1. The van der Waals surface area contributed by atoms with Crippen molar-refractivity contribution in [3.05, 3.63) is 88.2 Å². The number of nitrogens with one attached hydrogen (secondary N) is 1. The van der Waals surface area contributed by atoms with E-state index in [-0.39, 0.29) is 0 Å². The second kappa shape index (κ2) is 6.98. The molecule has 0 radical (unpaired) electrons. The lowest BCUT2D eigenvalue weighted by Crippen LogP contribution is -2.20. The number of carbonyl (C=O) groups is 1. The highest BCUT2D eigenvalue weighted by Crippen LogP contribution is 2.41. The van der Waals surface area contributed by atoms with Crippen molar-refractivity contribution >= 4 is 29.3 Å². The lowest BCUT2D eigenvalue weighted by molar-refractivity contribution is 0.132. The number of aromatic nitrogens is 1. The highest BCUT2D eigenvalue weighted by Gasteiger charge is 2.38. The summed E-state index contributed by atoms with van der Waals surface area (Å²) in [5.74, 6) is 0. The number of hydrogen-bond donors (Lipinski definition) is 1. The number of carbonyl (C=O) groups excluding carboxylic acids is 1. The number of pyridine rings is 1. The molecule has 130 valence electrons. The highest BCUT2D eigenvalue weighted by atomic mass is 35.5. The van der Waals surface area contributed by atoms with Crippen LogP contribution in [0.2, 0.25) is 10.0 Å². The minimum absolute atomic E-state index is 0.408. The van der Waals surface area contributed by atoms with Gasteiger partial charge in [0.05, 0.1) is 0 Å². The van der Waals surface area contributed by atoms with Gasteiger partial charge in [-0.25, -0.2) is 4.79 Å². The first-order valence-corrected chi connectivity index (χ1v) is 8.80. The van der Waals surface area contributed by atoms with E-state index in [0.717, 1.165) is 16.7 Å². The highest BCUT2D eigenvalue weighted by molar-refractivity contribution is 6.33. The van der Waals surface area contributed by atoms with Gasteiger partial charge in [-0.1, -0.05) is 53.5 Å². The monoisotopic (exact) mass is 384 g/mol. The van der Waals surface area contributed by atoms with E-state index < -0.39 is 18.2 Å². The van der Waals surface area contributed by atoms with Crippen molar-refractivity contribution in [2.24, 2.45) is 0 Å². The van der Waals surface area contributed by atoms with Gasteiger partial charge in [-0.05, 0) is 35.4 Å². The van der Waals surface area contributed by atoms with Gasteiger partial charge in [0, 0.05) is 33.6 Å². The summed E-state index contributed by atoms with van der Waals surface area (Å²) in [6.45, 7) is 0. The standard InChI is InChI=1S/C20H14Cl2N2O2/c21-15-6-7-17(22)16(9-15)19-18(24-20(25)26-19)14-8-13(10-23-11-14)12-4-2-1-3-5-12/h1-11,18-19H,(H,24,25)/t18-,19-/m1/s1. The fraction of sp³-hybridized carbons (Fsp3) is 0.100. The maximum atomic E-state index is 11.9. The lowest BCUT2D eigenvalue weighted by Gasteiger charge is -2.19. The van der Waals surface area contributed by atoms with E-state index in [4.69, 9.17) is 27.9 Å². The smallest absolute Gasteiger partial charge is 0.408 e. The summed E-state index contributed by atoms with van der Waals surface area (Å²) in [6, 6.07) is 16.6. The molecule has 1 saturated heterocycles. The van der Waals surface area contributed by atoms with Gasteiger partial charge in [0.1, 0.15) is 6.04 Å². The molecule has 1 fully saturated rings. The van der Waals surface area contributed by atoms with Crippen LogP contribution in [-0.2, 0) is 4.74 Å². The Morgan fingerprint density at radius 3 is 2.58 bits per heavy atom. The number of alkyl carbamates (subject to hydrolysis) is 1. The van der Waals surface area contributed by atoms with Crippen molar-refractivity contribution < 1.29 is 9.53 Å². The molecular formula is C20H14Cl2N2O2. The third-order valence-corrected chi connectivity index (χ3v) is 4.88. The van der Waals surface area contributed by atoms with Gasteiger partial charge in [0.25, 0.3) is 0 Å². The molecule has 1 N–H and O–H groups in total. The number of halogens is 2. The van der Waals surface area contributed by atoms with Gasteiger partial charge < -0.3 is 10.1 Å². The normalized spacial score (nSPS) is 19.1. The summed E-state index contributed by atoms with van der Waals surface area (Å²) in [5.41, 5.74) is 3.50. The molecule has 0 bridgehead atoms. The van der Waals surface area contributed by atoms with E-state index in [0.29, 0.717) is 15.6 Å². The molecule has 1 aromatic heterocycles. The number of hydrogen-bond acceptors (Lipinski definition) is 3. The molecule has 26 heavy (non-hydrogen) atoms.